The molecule has 2 aromatic carbocycles. The summed E-state index contributed by atoms with van der Waals surface area (Å²) < 4.78 is 31.5. The van der Waals surface area contributed by atoms with Crippen LogP contribution in [0.3, 0.4) is 0 Å². The molecule has 7 heteroatoms. The summed E-state index contributed by atoms with van der Waals surface area (Å²) in [7, 11) is 3.30. The molecule has 0 atom stereocenters. The van der Waals surface area contributed by atoms with Crippen LogP contribution in [0.4, 0.5) is 8.78 Å². The van der Waals surface area contributed by atoms with Crippen molar-refractivity contribution in [1.29, 1.82) is 0 Å². The van der Waals surface area contributed by atoms with E-state index in [2.05, 4.69) is 15.6 Å². The fourth-order valence-corrected chi connectivity index (χ4v) is 2.27. The van der Waals surface area contributed by atoms with Crippen LogP contribution >= 0.6 is 24.0 Å². The lowest BCUT2D eigenvalue weighted by Crippen LogP contribution is -2.37. The first-order valence-corrected chi connectivity index (χ1v) is 7.63. The van der Waals surface area contributed by atoms with Gasteiger partial charge in [0, 0.05) is 26.2 Å². The number of ether oxygens (including phenoxy) is 1. The molecule has 0 unspecified atom stereocenters. The Bertz CT molecular complexity index is 690. The van der Waals surface area contributed by atoms with Crippen molar-refractivity contribution >= 4 is 29.9 Å². The Morgan fingerprint density at radius 1 is 1.04 bits per heavy atom. The highest BCUT2D eigenvalue weighted by atomic mass is 127. The summed E-state index contributed by atoms with van der Waals surface area (Å²) in [5.74, 6) is 0.288. The Labute approximate surface area is 163 Å². The van der Waals surface area contributed by atoms with Crippen molar-refractivity contribution in [3.05, 3.63) is 65.2 Å². The Kier molecular flexibility index (Phi) is 9.18. The zero-order valence-corrected chi connectivity index (χ0v) is 16.5. The van der Waals surface area contributed by atoms with Gasteiger partial charge in [0.25, 0.3) is 0 Å². The molecule has 0 radical (unpaired) electrons. The molecule has 0 saturated carbocycles. The summed E-state index contributed by atoms with van der Waals surface area (Å²) in [5, 5.41) is 6.30. The quantitative estimate of drug-likeness (QED) is 0.394. The van der Waals surface area contributed by atoms with Crippen molar-refractivity contribution in [2.75, 3.05) is 20.7 Å². The second kappa shape index (κ2) is 10.9. The van der Waals surface area contributed by atoms with Crippen LogP contribution in [0.2, 0.25) is 0 Å². The van der Waals surface area contributed by atoms with Crippen LogP contribution in [0.15, 0.2) is 47.5 Å². The number of hydrogen-bond donors (Lipinski definition) is 2. The molecular formula is C18H22F2IN3O. The lowest BCUT2D eigenvalue weighted by molar-refractivity contribution is 0.414. The predicted octanol–water partition coefficient (Wildman–Crippen LogP) is 3.50. The van der Waals surface area contributed by atoms with Crippen LogP contribution in [0, 0.1) is 11.6 Å². The average Bonchev–Trinajstić information content (AvgIpc) is 2.57. The van der Waals surface area contributed by atoms with Crippen molar-refractivity contribution in [3.8, 4) is 5.75 Å². The van der Waals surface area contributed by atoms with Crippen molar-refractivity contribution in [2.45, 2.75) is 13.0 Å². The zero-order valence-electron chi connectivity index (χ0n) is 14.2. The lowest BCUT2D eigenvalue weighted by atomic mass is 10.1. The van der Waals surface area contributed by atoms with Crippen molar-refractivity contribution in [2.24, 2.45) is 4.99 Å². The van der Waals surface area contributed by atoms with Gasteiger partial charge in [0.15, 0.2) is 5.96 Å². The third kappa shape index (κ3) is 7.25. The van der Waals surface area contributed by atoms with Crippen molar-refractivity contribution in [3.63, 3.8) is 0 Å². The van der Waals surface area contributed by atoms with E-state index in [1.165, 1.54) is 12.1 Å². The molecule has 0 bridgehead atoms. The molecule has 0 aromatic heterocycles. The minimum atomic E-state index is -0.564. The highest BCUT2D eigenvalue weighted by Crippen LogP contribution is 2.12. The number of guanidine groups is 1. The third-order valence-electron chi connectivity index (χ3n) is 3.45. The minimum absolute atomic E-state index is 0. The summed E-state index contributed by atoms with van der Waals surface area (Å²) in [6.45, 7) is 1.10. The Morgan fingerprint density at radius 3 is 2.40 bits per heavy atom. The summed E-state index contributed by atoms with van der Waals surface area (Å²) in [4.78, 5) is 4.13. The number of nitrogens with zero attached hydrogens (tertiary/aromatic N) is 1. The topological polar surface area (TPSA) is 45.7 Å². The van der Waals surface area contributed by atoms with E-state index in [1.54, 1.807) is 14.2 Å². The monoisotopic (exact) mass is 461 g/mol. The molecule has 2 rings (SSSR count). The first-order valence-electron chi connectivity index (χ1n) is 7.63. The maximum absolute atomic E-state index is 13.1. The molecule has 2 N–H and O–H groups in total. The van der Waals surface area contributed by atoms with Crippen LogP contribution in [0.5, 0.6) is 5.75 Å². The number of aliphatic imine (C=N–C) groups is 1. The molecule has 0 saturated heterocycles. The van der Waals surface area contributed by atoms with E-state index in [1.807, 2.05) is 24.3 Å². The second-order valence-electron chi connectivity index (χ2n) is 5.23. The number of benzene rings is 2. The lowest BCUT2D eigenvalue weighted by Gasteiger charge is -2.12. The summed E-state index contributed by atoms with van der Waals surface area (Å²) in [6, 6.07) is 11.3. The summed E-state index contributed by atoms with van der Waals surface area (Å²) in [6.07, 6.45) is 0.495. The first-order chi connectivity index (χ1) is 11.6. The normalized spacial score (nSPS) is 10.8. The Balaban J connectivity index is 0.00000312. The van der Waals surface area contributed by atoms with Gasteiger partial charge in [-0.1, -0.05) is 12.1 Å². The van der Waals surface area contributed by atoms with Gasteiger partial charge in [-0.15, -0.1) is 24.0 Å². The molecular weight excluding hydrogens is 439 g/mol. The van der Waals surface area contributed by atoms with E-state index < -0.39 is 11.6 Å². The molecule has 0 aliphatic carbocycles. The van der Waals surface area contributed by atoms with Crippen LogP contribution in [0.1, 0.15) is 11.1 Å². The fourth-order valence-electron chi connectivity index (χ4n) is 2.27. The maximum Gasteiger partial charge on any atom is 0.191 e. The van der Waals surface area contributed by atoms with Gasteiger partial charge >= 0.3 is 0 Å². The van der Waals surface area contributed by atoms with E-state index >= 15 is 0 Å². The second-order valence-corrected chi connectivity index (χ2v) is 5.23. The predicted molar refractivity (Wildman–Crippen MR) is 107 cm³/mol. The average molecular weight is 461 g/mol. The fraction of sp³-hybridized carbons (Fsp3) is 0.278. The minimum Gasteiger partial charge on any atom is -0.497 e. The van der Waals surface area contributed by atoms with Crippen LogP contribution in [-0.2, 0) is 13.0 Å². The SMILES string of the molecule is CN=C(NCCc1cc(F)cc(F)c1)NCc1cccc(OC)c1.I. The van der Waals surface area contributed by atoms with E-state index in [0.717, 1.165) is 17.4 Å². The van der Waals surface area contributed by atoms with E-state index in [0.29, 0.717) is 31.0 Å². The van der Waals surface area contributed by atoms with Crippen LogP contribution < -0.4 is 15.4 Å². The van der Waals surface area contributed by atoms with Gasteiger partial charge in [-0.05, 0) is 41.8 Å². The third-order valence-corrected chi connectivity index (χ3v) is 3.45. The van der Waals surface area contributed by atoms with Gasteiger partial charge in [0.1, 0.15) is 17.4 Å². The largest absolute Gasteiger partial charge is 0.497 e. The highest BCUT2D eigenvalue weighted by molar-refractivity contribution is 14.0. The molecule has 25 heavy (non-hydrogen) atoms. The Hall–Kier alpha value is -1.90. The molecule has 0 spiro atoms. The molecule has 136 valence electrons. The van der Waals surface area contributed by atoms with Gasteiger partial charge < -0.3 is 15.4 Å². The molecule has 0 aliphatic rings. The van der Waals surface area contributed by atoms with Crippen molar-refractivity contribution < 1.29 is 13.5 Å². The number of nitrogens with one attached hydrogen (secondary N) is 2. The number of hydrogen-bond acceptors (Lipinski definition) is 2. The van der Waals surface area contributed by atoms with Crippen LogP contribution in [-0.4, -0.2) is 26.7 Å². The molecule has 0 amide bonds. The maximum atomic E-state index is 13.1. The summed E-state index contributed by atoms with van der Waals surface area (Å²) in [5.41, 5.74) is 1.66. The van der Waals surface area contributed by atoms with Gasteiger partial charge in [-0.3, -0.25) is 4.99 Å². The highest BCUT2D eigenvalue weighted by Gasteiger charge is 2.03. The van der Waals surface area contributed by atoms with Crippen LogP contribution in [0.25, 0.3) is 0 Å². The van der Waals surface area contributed by atoms with Crippen molar-refractivity contribution in [1.82, 2.24) is 10.6 Å². The Morgan fingerprint density at radius 2 is 1.76 bits per heavy atom. The van der Waals surface area contributed by atoms with E-state index in [9.17, 15) is 8.78 Å². The molecule has 0 fully saturated rings. The molecule has 0 aliphatic heterocycles. The molecule has 0 heterocycles. The van der Waals surface area contributed by atoms with E-state index in [4.69, 9.17) is 4.74 Å². The zero-order chi connectivity index (χ0) is 17.4. The summed E-state index contributed by atoms with van der Waals surface area (Å²) >= 11 is 0. The van der Waals surface area contributed by atoms with E-state index in [-0.39, 0.29) is 24.0 Å². The number of methoxy groups -OCH3 is 1. The van der Waals surface area contributed by atoms with Gasteiger partial charge in [-0.2, -0.15) is 0 Å². The number of rotatable bonds is 6. The van der Waals surface area contributed by atoms with Gasteiger partial charge in [-0.25, -0.2) is 8.78 Å². The molecule has 2 aromatic rings. The standard InChI is InChI=1S/C18H21F2N3O.HI/c1-21-18(23-12-14-4-3-5-17(10-14)24-2)22-7-6-13-8-15(19)11-16(20)9-13;/h3-5,8-11H,6-7,12H2,1-2H3,(H2,21,22,23);1H. The number of halogens is 3. The van der Waals surface area contributed by atoms with Gasteiger partial charge in [0.05, 0.1) is 7.11 Å². The molecule has 4 nitrogen and oxygen atoms in total. The first kappa shape index (κ1) is 21.1. The smallest absolute Gasteiger partial charge is 0.191 e. The van der Waals surface area contributed by atoms with Gasteiger partial charge in [0.2, 0.25) is 0 Å².